The quantitative estimate of drug-likeness (QED) is 0.695. The van der Waals surface area contributed by atoms with Crippen LogP contribution >= 0.6 is 0 Å². The minimum atomic E-state index is 0.263. The monoisotopic (exact) mass is 209 g/mol. The van der Waals surface area contributed by atoms with Gasteiger partial charge >= 0.3 is 0 Å². The summed E-state index contributed by atoms with van der Waals surface area (Å²) in [4.78, 5) is 24.8. The van der Waals surface area contributed by atoms with Crippen LogP contribution in [0.4, 0.5) is 0 Å². The van der Waals surface area contributed by atoms with Gasteiger partial charge in [-0.2, -0.15) is 0 Å². The first-order valence-corrected chi connectivity index (χ1v) is 5.98. The molecule has 0 N–H and O–H groups in total. The second-order valence-corrected chi connectivity index (χ2v) is 4.81. The summed E-state index contributed by atoms with van der Waals surface area (Å²) >= 11 is 0. The Morgan fingerprint density at radius 3 is 2.40 bits per heavy atom. The van der Waals surface area contributed by atoms with Gasteiger partial charge in [0.1, 0.15) is 5.78 Å². The molecule has 0 unspecified atom stereocenters. The van der Waals surface area contributed by atoms with E-state index in [-0.39, 0.29) is 5.92 Å². The van der Waals surface area contributed by atoms with Gasteiger partial charge in [0, 0.05) is 24.9 Å². The fraction of sp³-hybridized carbons (Fsp3) is 0.833. The van der Waals surface area contributed by atoms with Gasteiger partial charge < -0.3 is 4.90 Å². The lowest BCUT2D eigenvalue weighted by molar-refractivity contribution is -0.130. The highest BCUT2D eigenvalue weighted by molar-refractivity contribution is 5.79. The predicted molar refractivity (Wildman–Crippen MR) is 57.4 cm³/mol. The Hall–Kier alpha value is -0.860. The summed E-state index contributed by atoms with van der Waals surface area (Å²) < 4.78 is 0. The first-order chi connectivity index (χ1) is 7.18. The first kappa shape index (κ1) is 10.7. The minimum absolute atomic E-state index is 0.263. The van der Waals surface area contributed by atoms with Crippen LogP contribution in [0.3, 0.4) is 0 Å². The summed E-state index contributed by atoms with van der Waals surface area (Å²) in [5, 5.41) is 0. The topological polar surface area (TPSA) is 37.4 Å². The number of hydrogen-bond donors (Lipinski definition) is 0. The molecule has 15 heavy (non-hydrogen) atoms. The summed E-state index contributed by atoms with van der Waals surface area (Å²) in [6, 6.07) is 0.426. The molecule has 1 saturated carbocycles. The normalized spacial score (nSPS) is 32.1. The molecule has 2 rings (SSSR count). The maximum absolute atomic E-state index is 11.5. The van der Waals surface area contributed by atoms with Crippen molar-refractivity contribution in [2.75, 3.05) is 6.54 Å². The third-order valence-corrected chi connectivity index (χ3v) is 3.82. The number of ketones is 1. The van der Waals surface area contributed by atoms with Crippen molar-refractivity contribution in [1.29, 1.82) is 0 Å². The van der Waals surface area contributed by atoms with Crippen LogP contribution < -0.4 is 0 Å². The lowest BCUT2D eigenvalue weighted by Crippen LogP contribution is -2.39. The van der Waals surface area contributed by atoms with Gasteiger partial charge in [-0.3, -0.25) is 9.59 Å². The van der Waals surface area contributed by atoms with Gasteiger partial charge in [0.05, 0.1) is 0 Å². The molecule has 1 aliphatic carbocycles. The molecule has 2 fully saturated rings. The first-order valence-electron chi connectivity index (χ1n) is 5.98. The second-order valence-electron chi connectivity index (χ2n) is 4.81. The second kappa shape index (κ2) is 4.33. The number of likely N-dealkylation sites (tertiary alicyclic amines) is 1. The van der Waals surface area contributed by atoms with Gasteiger partial charge in [0.2, 0.25) is 5.91 Å². The van der Waals surface area contributed by atoms with E-state index in [0.717, 1.165) is 45.1 Å². The Labute approximate surface area is 90.8 Å². The molecular weight excluding hydrogens is 190 g/mol. The molecule has 0 atom stereocenters. The molecule has 0 bridgehead atoms. The third-order valence-electron chi connectivity index (χ3n) is 3.82. The largest absolute Gasteiger partial charge is 0.340 e. The van der Waals surface area contributed by atoms with Gasteiger partial charge in [0.15, 0.2) is 0 Å². The Bertz CT molecular complexity index is 267. The number of nitrogens with zero attached hydrogens (tertiary/aromatic N) is 1. The molecule has 0 aromatic carbocycles. The van der Waals surface area contributed by atoms with Crippen LogP contribution in [0.15, 0.2) is 0 Å². The number of rotatable bonds is 2. The van der Waals surface area contributed by atoms with Gasteiger partial charge in [0.25, 0.3) is 0 Å². The number of carbonyl (C=O) groups is 2. The fourth-order valence-corrected chi connectivity index (χ4v) is 2.85. The van der Waals surface area contributed by atoms with Crippen LogP contribution in [-0.4, -0.2) is 29.2 Å². The molecule has 2 aliphatic rings. The van der Waals surface area contributed by atoms with Gasteiger partial charge in [-0.25, -0.2) is 0 Å². The lowest BCUT2D eigenvalue weighted by Gasteiger charge is -2.33. The zero-order valence-electron chi connectivity index (χ0n) is 9.37. The Balaban J connectivity index is 1.87. The van der Waals surface area contributed by atoms with Crippen molar-refractivity contribution in [2.45, 2.75) is 51.5 Å². The molecule has 3 heteroatoms. The average molecular weight is 209 g/mol. The summed E-state index contributed by atoms with van der Waals surface area (Å²) in [7, 11) is 0. The zero-order chi connectivity index (χ0) is 10.8. The lowest BCUT2D eigenvalue weighted by atomic mass is 9.83. The summed E-state index contributed by atoms with van der Waals surface area (Å²) in [5.41, 5.74) is 0. The highest BCUT2D eigenvalue weighted by Gasteiger charge is 2.32. The summed E-state index contributed by atoms with van der Waals surface area (Å²) in [6.45, 7) is 2.63. The van der Waals surface area contributed by atoms with E-state index in [2.05, 4.69) is 0 Å². The van der Waals surface area contributed by atoms with Crippen molar-refractivity contribution in [1.82, 2.24) is 4.90 Å². The van der Waals surface area contributed by atoms with Crippen molar-refractivity contribution in [3.63, 3.8) is 0 Å². The third kappa shape index (κ3) is 2.21. The molecule has 0 radical (unpaired) electrons. The number of carbonyl (C=O) groups excluding carboxylic acids is 2. The van der Waals surface area contributed by atoms with Crippen molar-refractivity contribution in [2.24, 2.45) is 5.92 Å². The van der Waals surface area contributed by atoms with Crippen molar-refractivity contribution in [3.05, 3.63) is 0 Å². The van der Waals surface area contributed by atoms with E-state index in [1.54, 1.807) is 6.92 Å². The van der Waals surface area contributed by atoms with E-state index in [4.69, 9.17) is 0 Å². The van der Waals surface area contributed by atoms with Crippen LogP contribution in [0.1, 0.15) is 45.4 Å². The summed E-state index contributed by atoms with van der Waals surface area (Å²) in [6.07, 6.45) is 5.75. The van der Waals surface area contributed by atoms with Gasteiger partial charge in [-0.15, -0.1) is 0 Å². The van der Waals surface area contributed by atoms with E-state index in [0.29, 0.717) is 17.7 Å². The Kier molecular flexibility index (Phi) is 3.08. The van der Waals surface area contributed by atoms with Crippen LogP contribution in [0, 0.1) is 5.92 Å². The van der Waals surface area contributed by atoms with E-state index in [9.17, 15) is 9.59 Å². The van der Waals surface area contributed by atoms with E-state index in [1.165, 1.54) is 0 Å². The summed E-state index contributed by atoms with van der Waals surface area (Å²) in [5.74, 6) is 0.904. The Morgan fingerprint density at radius 1 is 1.27 bits per heavy atom. The molecule has 1 heterocycles. The zero-order valence-corrected chi connectivity index (χ0v) is 9.37. The van der Waals surface area contributed by atoms with Crippen molar-refractivity contribution in [3.8, 4) is 0 Å². The standard InChI is InChI=1S/C12H19NO2/c1-9(14)10-4-6-11(7-5-10)13-8-2-3-12(13)15/h10-11H,2-8H2,1H3/t10-,11-. The smallest absolute Gasteiger partial charge is 0.222 e. The molecule has 1 aliphatic heterocycles. The molecule has 0 spiro atoms. The molecule has 1 amide bonds. The number of amides is 1. The molecule has 3 nitrogen and oxygen atoms in total. The van der Waals surface area contributed by atoms with E-state index >= 15 is 0 Å². The molecule has 84 valence electrons. The predicted octanol–water partition coefficient (Wildman–Crippen LogP) is 1.76. The highest BCUT2D eigenvalue weighted by atomic mass is 16.2. The van der Waals surface area contributed by atoms with Crippen LogP contribution in [-0.2, 0) is 9.59 Å². The van der Waals surface area contributed by atoms with Crippen molar-refractivity contribution >= 4 is 11.7 Å². The van der Waals surface area contributed by atoms with Crippen LogP contribution in [0.5, 0.6) is 0 Å². The van der Waals surface area contributed by atoms with Crippen molar-refractivity contribution < 1.29 is 9.59 Å². The molecule has 0 aromatic heterocycles. The maximum Gasteiger partial charge on any atom is 0.222 e. The van der Waals surface area contributed by atoms with E-state index < -0.39 is 0 Å². The Morgan fingerprint density at radius 2 is 1.93 bits per heavy atom. The van der Waals surface area contributed by atoms with Crippen LogP contribution in [0.25, 0.3) is 0 Å². The van der Waals surface area contributed by atoms with Gasteiger partial charge in [-0.05, 0) is 39.0 Å². The maximum atomic E-state index is 11.5. The van der Waals surface area contributed by atoms with Gasteiger partial charge in [-0.1, -0.05) is 0 Å². The minimum Gasteiger partial charge on any atom is -0.340 e. The highest BCUT2D eigenvalue weighted by Crippen LogP contribution is 2.30. The number of Topliss-reactive ketones (excluding diaryl/α,β-unsaturated/α-hetero) is 1. The molecule has 0 aromatic rings. The SMILES string of the molecule is CC(=O)[C@H]1CC[C@H](N2CCCC2=O)CC1. The number of hydrogen-bond acceptors (Lipinski definition) is 2. The molecule has 1 saturated heterocycles. The van der Waals surface area contributed by atoms with E-state index in [1.807, 2.05) is 4.90 Å². The molecular formula is C12H19NO2. The van der Waals surface area contributed by atoms with Crippen LogP contribution in [0.2, 0.25) is 0 Å². The average Bonchev–Trinajstić information content (AvgIpc) is 2.65. The fourth-order valence-electron chi connectivity index (χ4n) is 2.85.